The Hall–Kier alpha value is -2.02. The summed E-state index contributed by atoms with van der Waals surface area (Å²) in [5.74, 6) is 0. The van der Waals surface area contributed by atoms with Gasteiger partial charge >= 0.3 is 6.03 Å². The quantitative estimate of drug-likeness (QED) is 0.910. The molecule has 0 aliphatic rings. The summed E-state index contributed by atoms with van der Waals surface area (Å²) in [4.78, 5) is 15.7. The Balaban J connectivity index is 1.87. The van der Waals surface area contributed by atoms with Crippen LogP contribution in [0.5, 0.6) is 0 Å². The normalized spacial score (nSPS) is 11.2. The molecule has 0 bridgehead atoms. The summed E-state index contributed by atoms with van der Waals surface area (Å²) in [5, 5.41) is 14.8. The summed E-state index contributed by atoms with van der Waals surface area (Å²) in [6, 6.07) is 3.43. The van der Waals surface area contributed by atoms with Crippen LogP contribution in [0.4, 0.5) is 9.93 Å². The highest BCUT2D eigenvalue weighted by Crippen LogP contribution is 2.27. The molecule has 0 aliphatic heterocycles. The third kappa shape index (κ3) is 3.99. The van der Waals surface area contributed by atoms with Crippen molar-refractivity contribution in [2.24, 2.45) is 0 Å². The number of urea groups is 1. The van der Waals surface area contributed by atoms with Crippen molar-refractivity contribution in [1.82, 2.24) is 20.5 Å². The first-order chi connectivity index (χ1) is 9.45. The van der Waals surface area contributed by atoms with Gasteiger partial charge in [-0.15, -0.1) is 10.2 Å². The van der Waals surface area contributed by atoms with Crippen molar-refractivity contribution < 1.29 is 4.79 Å². The second kappa shape index (κ2) is 5.96. The summed E-state index contributed by atoms with van der Waals surface area (Å²) < 4.78 is 0. The molecule has 7 heteroatoms. The van der Waals surface area contributed by atoms with Gasteiger partial charge in [-0.05, 0) is 11.6 Å². The molecule has 0 unspecified atom stereocenters. The third-order valence-corrected chi connectivity index (χ3v) is 3.73. The molecule has 0 aliphatic carbocycles. The van der Waals surface area contributed by atoms with Crippen molar-refractivity contribution in [2.45, 2.75) is 32.7 Å². The number of amides is 2. The third-order valence-electron chi connectivity index (χ3n) is 2.46. The van der Waals surface area contributed by atoms with E-state index < -0.39 is 0 Å². The summed E-state index contributed by atoms with van der Waals surface area (Å²) in [6.07, 6.45) is 3.40. The van der Waals surface area contributed by atoms with Gasteiger partial charge in [0.2, 0.25) is 5.13 Å². The maximum absolute atomic E-state index is 11.7. The Kier molecular flexibility index (Phi) is 4.29. The fourth-order valence-corrected chi connectivity index (χ4v) is 2.20. The number of carbonyl (C=O) groups excluding carboxylic acids is 1. The lowest BCUT2D eigenvalue weighted by molar-refractivity contribution is 0.251. The predicted molar refractivity (Wildman–Crippen MR) is 78.7 cm³/mol. The van der Waals surface area contributed by atoms with Gasteiger partial charge in [0.1, 0.15) is 5.01 Å². The predicted octanol–water partition coefficient (Wildman–Crippen LogP) is 2.55. The Bertz CT molecular complexity index is 576. The summed E-state index contributed by atoms with van der Waals surface area (Å²) in [6.45, 7) is 6.59. The first-order valence-corrected chi connectivity index (χ1v) is 7.04. The van der Waals surface area contributed by atoms with Crippen LogP contribution in [0.25, 0.3) is 0 Å². The van der Waals surface area contributed by atoms with Crippen LogP contribution in [0, 0.1) is 0 Å². The monoisotopic (exact) mass is 291 g/mol. The van der Waals surface area contributed by atoms with Gasteiger partial charge in [0.05, 0.1) is 0 Å². The Morgan fingerprint density at radius 2 is 2.15 bits per heavy atom. The van der Waals surface area contributed by atoms with Crippen LogP contribution in [0.15, 0.2) is 24.5 Å². The van der Waals surface area contributed by atoms with Crippen LogP contribution in [0.1, 0.15) is 31.3 Å². The smallest absolute Gasteiger partial charge is 0.321 e. The number of nitrogens with one attached hydrogen (secondary N) is 2. The fraction of sp³-hybridized carbons (Fsp3) is 0.385. The standard InChI is InChI=1S/C13H17N5OS/c1-13(2,3)10-17-18-12(20-10)16-11(19)15-8-9-5-4-6-14-7-9/h4-7H,8H2,1-3H3,(H2,15,16,18,19). The van der Waals surface area contributed by atoms with Crippen molar-refractivity contribution >= 4 is 22.5 Å². The number of carbonyl (C=O) groups is 1. The molecule has 2 aromatic rings. The minimum atomic E-state index is -0.300. The highest BCUT2D eigenvalue weighted by atomic mass is 32.1. The molecule has 20 heavy (non-hydrogen) atoms. The number of pyridine rings is 1. The van der Waals surface area contributed by atoms with Gasteiger partial charge < -0.3 is 5.32 Å². The number of hydrogen-bond acceptors (Lipinski definition) is 5. The van der Waals surface area contributed by atoms with Crippen molar-refractivity contribution in [1.29, 1.82) is 0 Å². The molecular formula is C13H17N5OS. The van der Waals surface area contributed by atoms with Crippen LogP contribution in [0.3, 0.4) is 0 Å². The van der Waals surface area contributed by atoms with E-state index in [-0.39, 0.29) is 11.4 Å². The van der Waals surface area contributed by atoms with Crippen molar-refractivity contribution in [3.05, 3.63) is 35.1 Å². The number of anilines is 1. The molecule has 6 nitrogen and oxygen atoms in total. The average molecular weight is 291 g/mol. The second-order valence-electron chi connectivity index (χ2n) is 5.33. The van der Waals surface area contributed by atoms with E-state index in [4.69, 9.17) is 0 Å². The molecule has 2 heterocycles. The number of aromatic nitrogens is 3. The molecule has 2 rings (SSSR count). The lowest BCUT2D eigenvalue weighted by atomic mass is 9.98. The van der Waals surface area contributed by atoms with Gasteiger partial charge in [0.15, 0.2) is 0 Å². The van der Waals surface area contributed by atoms with E-state index in [2.05, 4.69) is 46.6 Å². The zero-order valence-electron chi connectivity index (χ0n) is 11.7. The average Bonchev–Trinajstić information content (AvgIpc) is 2.86. The first-order valence-electron chi connectivity index (χ1n) is 6.23. The van der Waals surface area contributed by atoms with Crippen molar-refractivity contribution in [2.75, 3.05) is 5.32 Å². The van der Waals surface area contributed by atoms with Gasteiger partial charge in [-0.1, -0.05) is 38.2 Å². The van der Waals surface area contributed by atoms with E-state index >= 15 is 0 Å². The lowest BCUT2D eigenvalue weighted by Gasteiger charge is -2.12. The van der Waals surface area contributed by atoms with Crippen LogP contribution < -0.4 is 10.6 Å². The highest BCUT2D eigenvalue weighted by Gasteiger charge is 2.19. The molecule has 0 spiro atoms. The molecule has 0 fully saturated rings. The van der Waals surface area contributed by atoms with Gasteiger partial charge in [-0.25, -0.2) is 4.79 Å². The Labute approximate surface area is 121 Å². The van der Waals surface area contributed by atoms with Gasteiger partial charge in [0, 0.05) is 24.4 Å². The molecule has 0 saturated carbocycles. The van der Waals surface area contributed by atoms with Crippen LogP contribution in [0.2, 0.25) is 0 Å². The number of rotatable bonds is 3. The van der Waals surface area contributed by atoms with Gasteiger partial charge in [0.25, 0.3) is 0 Å². The molecule has 0 atom stereocenters. The topological polar surface area (TPSA) is 79.8 Å². The van der Waals surface area contributed by atoms with E-state index in [9.17, 15) is 4.79 Å². The largest absolute Gasteiger partial charge is 0.334 e. The van der Waals surface area contributed by atoms with E-state index in [0.717, 1.165) is 10.6 Å². The van der Waals surface area contributed by atoms with E-state index in [1.807, 2.05) is 12.1 Å². The van der Waals surface area contributed by atoms with Crippen LogP contribution >= 0.6 is 11.3 Å². The van der Waals surface area contributed by atoms with Gasteiger partial charge in [-0.2, -0.15) is 0 Å². The first kappa shape index (κ1) is 14.4. The van der Waals surface area contributed by atoms with Crippen LogP contribution in [-0.2, 0) is 12.0 Å². The summed E-state index contributed by atoms with van der Waals surface area (Å²) in [7, 11) is 0. The maximum atomic E-state index is 11.7. The molecule has 0 aromatic carbocycles. The van der Waals surface area contributed by atoms with E-state index in [1.54, 1.807) is 12.4 Å². The molecule has 2 amide bonds. The molecule has 0 saturated heterocycles. The SMILES string of the molecule is CC(C)(C)c1nnc(NC(=O)NCc2cccnc2)s1. The van der Waals surface area contributed by atoms with E-state index in [0.29, 0.717) is 11.7 Å². The Morgan fingerprint density at radius 3 is 2.75 bits per heavy atom. The zero-order chi connectivity index (χ0) is 14.6. The minimum Gasteiger partial charge on any atom is -0.334 e. The van der Waals surface area contributed by atoms with Crippen molar-refractivity contribution in [3.63, 3.8) is 0 Å². The second-order valence-corrected chi connectivity index (χ2v) is 6.31. The molecule has 106 valence electrons. The van der Waals surface area contributed by atoms with Crippen LogP contribution in [-0.4, -0.2) is 21.2 Å². The summed E-state index contributed by atoms with van der Waals surface area (Å²) >= 11 is 1.38. The molecule has 0 radical (unpaired) electrons. The Morgan fingerprint density at radius 1 is 1.35 bits per heavy atom. The van der Waals surface area contributed by atoms with Crippen molar-refractivity contribution in [3.8, 4) is 0 Å². The molecule has 2 N–H and O–H groups in total. The maximum Gasteiger partial charge on any atom is 0.321 e. The van der Waals surface area contributed by atoms with E-state index in [1.165, 1.54) is 11.3 Å². The summed E-state index contributed by atoms with van der Waals surface area (Å²) in [5.41, 5.74) is 0.874. The lowest BCUT2D eigenvalue weighted by Crippen LogP contribution is -2.28. The minimum absolute atomic E-state index is 0.0657. The highest BCUT2D eigenvalue weighted by molar-refractivity contribution is 7.15. The molecule has 2 aromatic heterocycles. The number of hydrogen-bond donors (Lipinski definition) is 2. The molecular weight excluding hydrogens is 274 g/mol. The number of nitrogens with zero attached hydrogens (tertiary/aromatic N) is 3. The fourth-order valence-electron chi connectivity index (χ4n) is 1.40. The van der Waals surface area contributed by atoms with Gasteiger partial charge in [-0.3, -0.25) is 10.3 Å². The zero-order valence-corrected chi connectivity index (χ0v) is 12.5.